The second kappa shape index (κ2) is 9.85. The van der Waals surface area contributed by atoms with E-state index in [4.69, 9.17) is 23.2 Å². The summed E-state index contributed by atoms with van der Waals surface area (Å²) in [6.07, 6.45) is 6.98. The lowest BCUT2D eigenvalue weighted by molar-refractivity contribution is 0.691. The molecule has 0 saturated carbocycles. The SMILES string of the molecule is CCCc1cn(-c2c(Cl)cccc2Cl)c(=O)n1Cc1ccc(-c2cnccc2-c2nnn[nH]2)cc1. The van der Waals surface area contributed by atoms with E-state index in [0.29, 0.717) is 28.1 Å². The number of H-pyrrole nitrogens is 1. The maximum Gasteiger partial charge on any atom is 0.333 e. The van der Waals surface area contributed by atoms with Crippen LogP contribution in [0, 0.1) is 0 Å². The third-order valence-electron chi connectivity index (χ3n) is 5.77. The summed E-state index contributed by atoms with van der Waals surface area (Å²) in [6.45, 7) is 2.51. The van der Waals surface area contributed by atoms with Crippen LogP contribution < -0.4 is 5.69 Å². The lowest BCUT2D eigenvalue weighted by atomic mass is 10.0. The fourth-order valence-electron chi connectivity index (χ4n) is 4.11. The molecule has 0 unspecified atom stereocenters. The maximum absolute atomic E-state index is 13.4. The minimum Gasteiger partial charge on any atom is -0.292 e. The third-order valence-corrected chi connectivity index (χ3v) is 6.38. The van der Waals surface area contributed by atoms with Gasteiger partial charge in [-0.25, -0.2) is 9.89 Å². The van der Waals surface area contributed by atoms with E-state index in [2.05, 4.69) is 32.5 Å². The van der Waals surface area contributed by atoms with Crippen LogP contribution in [-0.4, -0.2) is 34.7 Å². The Labute approximate surface area is 211 Å². The lowest BCUT2D eigenvalue weighted by Gasteiger charge is -2.10. The van der Waals surface area contributed by atoms with Crippen LogP contribution in [0.15, 0.2) is 71.9 Å². The smallest absolute Gasteiger partial charge is 0.292 e. The van der Waals surface area contributed by atoms with Crippen molar-refractivity contribution < 1.29 is 0 Å². The highest BCUT2D eigenvalue weighted by atomic mass is 35.5. The van der Waals surface area contributed by atoms with Crippen LogP contribution in [0.25, 0.3) is 28.2 Å². The van der Waals surface area contributed by atoms with Gasteiger partial charge in [0.15, 0.2) is 5.82 Å². The Balaban J connectivity index is 1.49. The molecule has 0 spiro atoms. The van der Waals surface area contributed by atoms with Crippen LogP contribution in [-0.2, 0) is 13.0 Å². The van der Waals surface area contributed by atoms with Gasteiger partial charge < -0.3 is 0 Å². The molecule has 5 rings (SSSR count). The number of hydrogen-bond acceptors (Lipinski definition) is 5. The van der Waals surface area contributed by atoms with E-state index >= 15 is 0 Å². The second-order valence-corrected chi connectivity index (χ2v) is 8.86. The molecule has 176 valence electrons. The Bertz CT molecular complexity index is 1500. The molecule has 0 amide bonds. The summed E-state index contributed by atoms with van der Waals surface area (Å²) in [5, 5.41) is 15.0. The number of benzene rings is 2. The van der Waals surface area contributed by atoms with Gasteiger partial charge in [0.25, 0.3) is 0 Å². The number of pyridine rings is 1. The summed E-state index contributed by atoms with van der Waals surface area (Å²) in [4.78, 5) is 17.7. The fourth-order valence-corrected chi connectivity index (χ4v) is 4.69. The van der Waals surface area contributed by atoms with E-state index in [1.807, 2.05) is 36.5 Å². The van der Waals surface area contributed by atoms with Gasteiger partial charge in [0.2, 0.25) is 0 Å². The van der Waals surface area contributed by atoms with Gasteiger partial charge in [-0.15, -0.1) is 5.10 Å². The number of aromatic amines is 1. The molecular formula is C25H21Cl2N7O. The molecule has 10 heteroatoms. The van der Waals surface area contributed by atoms with Gasteiger partial charge in [-0.05, 0) is 46.2 Å². The summed E-state index contributed by atoms with van der Waals surface area (Å²) in [7, 11) is 0. The first kappa shape index (κ1) is 23.0. The highest BCUT2D eigenvalue weighted by Crippen LogP contribution is 2.30. The first-order chi connectivity index (χ1) is 17.1. The zero-order valence-electron chi connectivity index (χ0n) is 18.8. The number of aromatic nitrogens is 7. The normalized spacial score (nSPS) is 11.2. The molecule has 5 aromatic rings. The molecule has 0 bridgehead atoms. The summed E-state index contributed by atoms with van der Waals surface area (Å²) in [6, 6.07) is 15.1. The Hall–Kier alpha value is -3.75. The first-order valence-electron chi connectivity index (χ1n) is 11.1. The molecule has 3 heterocycles. The average Bonchev–Trinajstić information content (AvgIpc) is 3.50. The minimum atomic E-state index is -0.181. The van der Waals surface area contributed by atoms with Crippen molar-refractivity contribution in [3.63, 3.8) is 0 Å². The van der Waals surface area contributed by atoms with Crippen molar-refractivity contribution in [3.05, 3.63) is 98.9 Å². The Kier molecular flexibility index (Phi) is 6.48. The number of para-hydroxylation sites is 1. The van der Waals surface area contributed by atoms with Crippen molar-refractivity contribution in [1.82, 2.24) is 34.7 Å². The third kappa shape index (κ3) is 4.50. The summed E-state index contributed by atoms with van der Waals surface area (Å²) < 4.78 is 3.31. The van der Waals surface area contributed by atoms with Crippen molar-refractivity contribution in [2.75, 3.05) is 0 Å². The predicted molar refractivity (Wildman–Crippen MR) is 136 cm³/mol. The summed E-state index contributed by atoms with van der Waals surface area (Å²) in [5.74, 6) is 0.571. The molecule has 3 aromatic heterocycles. The number of aryl methyl sites for hydroxylation is 1. The monoisotopic (exact) mass is 505 g/mol. The molecule has 8 nitrogen and oxygen atoms in total. The van der Waals surface area contributed by atoms with Crippen LogP contribution in [0.4, 0.5) is 0 Å². The van der Waals surface area contributed by atoms with Gasteiger partial charge in [-0.1, -0.05) is 66.9 Å². The number of imidazole rings is 1. The topological polar surface area (TPSA) is 94.3 Å². The molecule has 2 aromatic carbocycles. The molecule has 0 fully saturated rings. The number of hydrogen-bond donors (Lipinski definition) is 1. The van der Waals surface area contributed by atoms with Gasteiger partial charge in [0.1, 0.15) is 0 Å². The summed E-state index contributed by atoms with van der Waals surface area (Å²) in [5.41, 5.74) is 4.95. The van der Waals surface area contributed by atoms with E-state index in [9.17, 15) is 4.79 Å². The van der Waals surface area contributed by atoms with Crippen LogP contribution in [0.3, 0.4) is 0 Å². The fraction of sp³-hybridized carbons (Fsp3) is 0.160. The zero-order chi connectivity index (χ0) is 24.4. The van der Waals surface area contributed by atoms with Gasteiger partial charge in [0.05, 0.1) is 22.3 Å². The number of tetrazole rings is 1. The molecule has 0 saturated heterocycles. The Morgan fingerprint density at radius 3 is 2.46 bits per heavy atom. The zero-order valence-corrected chi connectivity index (χ0v) is 20.3. The lowest BCUT2D eigenvalue weighted by Crippen LogP contribution is -2.25. The molecule has 0 aliphatic heterocycles. The molecule has 35 heavy (non-hydrogen) atoms. The van der Waals surface area contributed by atoms with E-state index < -0.39 is 0 Å². The highest BCUT2D eigenvalue weighted by molar-refractivity contribution is 6.37. The van der Waals surface area contributed by atoms with Crippen LogP contribution in [0.1, 0.15) is 24.6 Å². The quantitative estimate of drug-likeness (QED) is 0.328. The molecule has 0 aliphatic rings. The van der Waals surface area contributed by atoms with Crippen molar-refractivity contribution in [2.45, 2.75) is 26.3 Å². The molecule has 0 atom stereocenters. The van der Waals surface area contributed by atoms with Crippen molar-refractivity contribution >= 4 is 23.2 Å². The van der Waals surface area contributed by atoms with Gasteiger partial charge in [0, 0.05) is 35.4 Å². The molecule has 0 radical (unpaired) electrons. The minimum absolute atomic E-state index is 0.181. The predicted octanol–water partition coefficient (Wildman–Crippen LogP) is 5.19. The summed E-state index contributed by atoms with van der Waals surface area (Å²) >= 11 is 12.8. The average molecular weight is 506 g/mol. The van der Waals surface area contributed by atoms with Crippen molar-refractivity contribution in [1.29, 1.82) is 0 Å². The first-order valence-corrected chi connectivity index (χ1v) is 11.8. The van der Waals surface area contributed by atoms with Crippen LogP contribution in [0.5, 0.6) is 0 Å². The van der Waals surface area contributed by atoms with Crippen LogP contribution >= 0.6 is 23.2 Å². The molecule has 0 aliphatic carbocycles. The largest absolute Gasteiger partial charge is 0.333 e. The number of nitrogens with one attached hydrogen (secondary N) is 1. The van der Waals surface area contributed by atoms with Crippen molar-refractivity contribution in [3.8, 4) is 28.2 Å². The van der Waals surface area contributed by atoms with Gasteiger partial charge in [-0.2, -0.15) is 0 Å². The highest BCUT2D eigenvalue weighted by Gasteiger charge is 2.17. The number of rotatable bonds is 7. The number of nitrogens with zero attached hydrogens (tertiary/aromatic N) is 6. The van der Waals surface area contributed by atoms with Crippen LogP contribution in [0.2, 0.25) is 10.0 Å². The van der Waals surface area contributed by atoms with E-state index in [-0.39, 0.29) is 5.69 Å². The molecule has 1 N–H and O–H groups in total. The van der Waals surface area contributed by atoms with Gasteiger partial charge >= 0.3 is 5.69 Å². The molecular weight excluding hydrogens is 485 g/mol. The second-order valence-electron chi connectivity index (χ2n) is 8.05. The van der Waals surface area contributed by atoms with E-state index in [1.54, 1.807) is 35.2 Å². The Morgan fingerprint density at radius 1 is 1.00 bits per heavy atom. The standard InChI is InChI=1S/C25H21Cl2N7O/c1-2-4-18-15-34(23-21(26)5-3-6-22(23)27)25(35)33(18)14-16-7-9-17(10-8-16)20-13-28-12-11-19(20)24-29-31-32-30-24/h3,5-13,15H,2,4,14H2,1H3,(H,29,30,31,32). The van der Waals surface area contributed by atoms with E-state index in [1.165, 1.54) is 4.57 Å². The number of halogens is 2. The van der Waals surface area contributed by atoms with Crippen molar-refractivity contribution in [2.24, 2.45) is 0 Å². The van der Waals surface area contributed by atoms with E-state index in [0.717, 1.165) is 40.8 Å². The Morgan fingerprint density at radius 2 is 1.77 bits per heavy atom. The van der Waals surface area contributed by atoms with Gasteiger partial charge in [-0.3, -0.25) is 14.1 Å². The maximum atomic E-state index is 13.4.